The molecule has 3 nitrogen and oxygen atoms in total. The van der Waals surface area contributed by atoms with Crippen LogP contribution in [0.2, 0.25) is 5.02 Å². The molecule has 0 N–H and O–H groups in total. The number of nitrogens with zero attached hydrogens (tertiary/aromatic N) is 2. The second-order valence-electron chi connectivity index (χ2n) is 9.79. The van der Waals surface area contributed by atoms with E-state index in [-0.39, 0.29) is 5.82 Å². The van der Waals surface area contributed by atoms with Gasteiger partial charge in [-0.25, -0.2) is 4.39 Å². The molecule has 0 amide bonds. The number of halogens is 2. The van der Waals surface area contributed by atoms with Gasteiger partial charge in [-0.2, -0.15) is 5.26 Å². The molecule has 35 heavy (non-hydrogen) atoms. The zero-order chi connectivity index (χ0) is 26.2. The molecule has 2 aromatic rings. The first-order chi connectivity index (χ1) is 16.7. The molecule has 0 spiro atoms. The maximum atomic E-state index is 12.5. The number of benzene rings is 2. The maximum Gasteiger partial charge on any atom is 0.150 e. The summed E-state index contributed by atoms with van der Waals surface area (Å²) < 4.78 is 12.5. The van der Waals surface area contributed by atoms with Gasteiger partial charge in [-0.1, -0.05) is 70.0 Å². The highest BCUT2D eigenvalue weighted by Gasteiger charge is 2.13. The number of carbonyl (C=O) groups is 1. The lowest BCUT2D eigenvalue weighted by Gasteiger charge is -2.18. The summed E-state index contributed by atoms with van der Waals surface area (Å²) in [7, 11) is 2.18. The molecule has 2 fully saturated rings. The molecule has 1 aliphatic heterocycles. The first-order valence-corrected chi connectivity index (χ1v) is 13.1. The monoisotopic (exact) mass is 500 g/mol. The first-order valence-electron chi connectivity index (χ1n) is 12.8. The Morgan fingerprint density at radius 3 is 2.20 bits per heavy atom. The van der Waals surface area contributed by atoms with Crippen LogP contribution in [-0.2, 0) is 0 Å². The molecular formula is C30H42ClFN2O. The van der Waals surface area contributed by atoms with E-state index in [1.165, 1.54) is 76.2 Å². The Labute approximate surface area is 217 Å². The molecule has 0 aromatic heterocycles. The van der Waals surface area contributed by atoms with Crippen molar-refractivity contribution in [3.63, 3.8) is 0 Å². The molecule has 1 unspecified atom stereocenters. The fraction of sp³-hybridized carbons (Fsp3) is 0.533. The Kier molecular flexibility index (Phi) is 15.2. The van der Waals surface area contributed by atoms with Gasteiger partial charge in [0.25, 0.3) is 0 Å². The highest BCUT2D eigenvalue weighted by Crippen LogP contribution is 2.25. The normalized spacial score (nSPS) is 17.5. The lowest BCUT2D eigenvalue weighted by atomic mass is 9.88. The van der Waals surface area contributed by atoms with Gasteiger partial charge >= 0.3 is 0 Å². The number of hydrogen-bond acceptors (Lipinski definition) is 3. The van der Waals surface area contributed by atoms with Crippen molar-refractivity contribution in [1.82, 2.24) is 4.90 Å². The van der Waals surface area contributed by atoms with Crippen LogP contribution in [0.15, 0.2) is 36.4 Å². The summed E-state index contributed by atoms with van der Waals surface area (Å²) >= 11 is 5.71. The standard InChI is InChI=1S/C8H6ClN.C8H7FO.C8H16.C6H13N/c1-6-2-3-7(5-10)8(9)4-6;1-6-4-7(5-10)2-3-8(6)9;1-2-8-6-4-3-5-7-8;1-6-3-4-7(2)5-6/h2-4H,1H3;2-5H,1H3;8H,2-7H2,1H3;6H,3-5H2,1-2H3. The minimum Gasteiger partial charge on any atom is -0.306 e. The Bertz CT molecular complexity index is 926. The lowest BCUT2D eigenvalue weighted by molar-refractivity contribution is 0.112. The van der Waals surface area contributed by atoms with Crippen molar-refractivity contribution >= 4 is 17.9 Å². The van der Waals surface area contributed by atoms with E-state index in [1.807, 2.05) is 19.1 Å². The number of nitriles is 1. The molecule has 1 saturated heterocycles. The average Bonchev–Trinajstić information content (AvgIpc) is 3.25. The fourth-order valence-corrected chi connectivity index (χ4v) is 4.48. The largest absolute Gasteiger partial charge is 0.306 e. The number of carbonyl (C=O) groups excluding carboxylic acids is 1. The van der Waals surface area contributed by atoms with Crippen molar-refractivity contribution in [3.05, 3.63) is 69.5 Å². The van der Waals surface area contributed by atoms with E-state index < -0.39 is 0 Å². The summed E-state index contributed by atoms with van der Waals surface area (Å²) in [5.41, 5.74) is 2.62. The van der Waals surface area contributed by atoms with Gasteiger partial charge in [0.2, 0.25) is 0 Å². The van der Waals surface area contributed by atoms with E-state index in [0.717, 1.165) is 17.4 Å². The third kappa shape index (κ3) is 12.9. The lowest BCUT2D eigenvalue weighted by Crippen LogP contribution is -2.12. The second-order valence-corrected chi connectivity index (χ2v) is 10.2. The summed E-state index contributed by atoms with van der Waals surface area (Å²) in [5.74, 6) is 1.76. The van der Waals surface area contributed by atoms with E-state index in [0.29, 0.717) is 28.0 Å². The van der Waals surface area contributed by atoms with Gasteiger partial charge in [0.05, 0.1) is 10.6 Å². The van der Waals surface area contributed by atoms with Gasteiger partial charge in [-0.3, -0.25) is 4.79 Å². The molecule has 4 rings (SSSR count). The number of hydrogen-bond donors (Lipinski definition) is 0. The van der Waals surface area contributed by atoms with Gasteiger partial charge in [0, 0.05) is 12.1 Å². The summed E-state index contributed by atoms with van der Waals surface area (Å²) in [6, 6.07) is 11.6. The molecule has 0 bridgehead atoms. The summed E-state index contributed by atoms with van der Waals surface area (Å²) in [6.45, 7) is 10.8. The molecule has 1 aliphatic carbocycles. The number of aryl methyl sites for hydroxylation is 2. The smallest absolute Gasteiger partial charge is 0.150 e. The number of likely N-dealkylation sites (tertiary alicyclic amines) is 1. The van der Waals surface area contributed by atoms with Crippen molar-refractivity contribution in [1.29, 1.82) is 5.26 Å². The van der Waals surface area contributed by atoms with Crippen LogP contribution < -0.4 is 0 Å². The highest BCUT2D eigenvalue weighted by atomic mass is 35.5. The van der Waals surface area contributed by atoms with Crippen molar-refractivity contribution < 1.29 is 9.18 Å². The number of rotatable bonds is 2. The van der Waals surface area contributed by atoms with Gasteiger partial charge < -0.3 is 4.90 Å². The minimum atomic E-state index is -0.273. The van der Waals surface area contributed by atoms with E-state index in [1.54, 1.807) is 19.1 Å². The predicted octanol–water partition coefficient (Wildman–Crippen LogP) is 8.40. The van der Waals surface area contributed by atoms with Crippen LogP contribution in [0.3, 0.4) is 0 Å². The molecule has 2 aliphatic rings. The second kappa shape index (κ2) is 17.2. The van der Waals surface area contributed by atoms with E-state index in [4.69, 9.17) is 16.9 Å². The van der Waals surface area contributed by atoms with Gasteiger partial charge in [-0.05, 0) is 87.2 Å². The van der Waals surface area contributed by atoms with E-state index >= 15 is 0 Å². The fourth-order valence-electron chi connectivity index (χ4n) is 4.20. The molecule has 1 atom stereocenters. The number of aldehydes is 1. The van der Waals surface area contributed by atoms with Crippen LogP contribution in [0.25, 0.3) is 0 Å². The zero-order valence-electron chi connectivity index (χ0n) is 22.1. The van der Waals surface area contributed by atoms with Crippen molar-refractivity contribution in [2.24, 2.45) is 11.8 Å². The molecule has 5 heteroatoms. The Balaban J connectivity index is 0.000000236. The van der Waals surface area contributed by atoms with Crippen LogP contribution >= 0.6 is 11.6 Å². The maximum absolute atomic E-state index is 12.5. The zero-order valence-corrected chi connectivity index (χ0v) is 22.9. The highest BCUT2D eigenvalue weighted by molar-refractivity contribution is 6.31. The quantitative estimate of drug-likeness (QED) is 0.389. The predicted molar refractivity (Wildman–Crippen MR) is 146 cm³/mol. The van der Waals surface area contributed by atoms with Crippen LogP contribution in [0.1, 0.15) is 85.8 Å². The molecule has 1 heterocycles. The summed E-state index contributed by atoms with van der Waals surface area (Å²) in [5, 5.41) is 9.00. The third-order valence-electron chi connectivity index (χ3n) is 6.49. The van der Waals surface area contributed by atoms with Crippen LogP contribution in [-0.4, -0.2) is 31.3 Å². The summed E-state index contributed by atoms with van der Waals surface area (Å²) in [6.07, 6.45) is 11.0. The third-order valence-corrected chi connectivity index (χ3v) is 6.80. The average molecular weight is 501 g/mol. The Morgan fingerprint density at radius 2 is 1.80 bits per heavy atom. The Hall–Kier alpha value is -2.22. The van der Waals surface area contributed by atoms with E-state index in [2.05, 4.69) is 25.8 Å². The molecular weight excluding hydrogens is 459 g/mol. The van der Waals surface area contributed by atoms with Gasteiger partial charge in [0.1, 0.15) is 18.2 Å². The van der Waals surface area contributed by atoms with Crippen LogP contribution in [0.5, 0.6) is 0 Å². The summed E-state index contributed by atoms with van der Waals surface area (Å²) in [4.78, 5) is 12.5. The van der Waals surface area contributed by atoms with Gasteiger partial charge in [-0.15, -0.1) is 0 Å². The van der Waals surface area contributed by atoms with Crippen LogP contribution in [0, 0.1) is 42.8 Å². The molecule has 1 saturated carbocycles. The van der Waals surface area contributed by atoms with Crippen molar-refractivity contribution in [2.75, 3.05) is 20.1 Å². The van der Waals surface area contributed by atoms with Crippen LogP contribution in [0.4, 0.5) is 4.39 Å². The first kappa shape index (κ1) is 30.8. The van der Waals surface area contributed by atoms with Crippen molar-refractivity contribution in [2.45, 2.75) is 72.6 Å². The molecule has 0 radical (unpaired) electrons. The molecule has 192 valence electrons. The van der Waals surface area contributed by atoms with E-state index in [9.17, 15) is 9.18 Å². The topological polar surface area (TPSA) is 44.1 Å². The minimum absolute atomic E-state index is 0.273. The SMILES string of the molecule is CC1CCN(C)C1.CCC1CCCCC1.Cc1cc(C=O)ccc1F.Cc1ccc(C#N)c(Cl)c1. The van der Waals surface area contributed by atoms with Crippen molar-refractivity contribution in [3.8, 4) is 6.07 Å². The molecule has 2 aromatic carbocycles. The van der Waals surface area contributed by atoms with Gasteiger partial charge in [0.15, 0.2) is 0 Å². The Morgan fingerprint density at radius 1 is 1.11 bits per heavy atom.